The molecule has 0 aliphatic carbocycles. The molecule has 130 valence electrons. The number of ether oxygens (including phenoxy) is 1. The van der Waals surface area contributed by atoms with Gasteiger partial charge in [0.15, 0.2) is 0 Å². The lowest BCUT2D eigenvalue weighted by Crippen LogP contribution is -2.39. The molecule has 0 radical (unpaired) electrons. The maximum absolute atomic E-state index is 12.2. The molecule has 0 bridgehead atoms. The SMILES string of the molecule is Cc1cccc(Nc2nc(N[C@@H]3COC[C@@H]3N)cc3c2C(=O)NC3)c1. The Kier molecular flexibility index (Phi) is 4.03. The van der Waals surface area contributed by atoms with Crippen molar-refractivity contribution in [2.75, 3.05) is 23.8 Å². The van der Waals surface area contributed by atoms with E-state index in [2.05, 4.69) is 20.9 Å². The molecule has 7 nitrogen and oxygen atoms in total. The highest BCUT2D eigenvalue weighted by Gasteiger charge is 2.28. The van der Waals surface area contributed by atoms with Gasteiger partial charge in [-0.1, -0.05) is 12.1 Å². The number of hydrogen-bond donors (Lipinski definition) is 4. The predicted octanol–water partition coefficient (Wildman–Crippen LogP) is 1.52. The fourth-order valence-electron chi connectivity index (χ4n) is 3.19. The number of amides is 1. The van der Waals surface area contributed by atoms with Crippen molar-refractivity contribution in [3.8, 4) is 0 Å². The second-order valence-electron chi connectivity index (χ2n) is 6.52. The van der Waals surface area contributed by atoms with E-state index in [1.807, 2.05) is 37.3 Å². The summed E-state index contributed by atoms with van der Waals surface area (Å²) in [5, 5.41) is 9.47. The van der Waals surface area contributed by atoms with E-state index in [-0.39, 0.29) is 18.0 Å². The van der Waals surface area contributed by atoms with Crippen molar-refractivity contribution in [1.82, 2.24) is 10.3 Å². The van der Waals surface area contributed by atoms with Gasteiger partial charge in [-0.25, -0.2) is 4.98 Å². The fraction of sp³-hybridized carbons (Fsp3) is 0.333. The van der Waals surface area contributed by atoms with Crippen LogP contribution in [0, 0.1) is 6.92 Å². The van der Waals surface area contributed by atoms with Crippen molar-refractivity contribution < 1.29 is 9.53 Å². The molecule has 0 saturated carbocycles. The Hall–Kier alpha value is -2.64. The smallest absolute Gasteiger partial charge is 0.255 e. The molecule has 1 aromatic heterocycles. The average Bonchev–Trinajstić information content (AvgIpc) is 3.14. The first kappa shape index (κ1) is 15.9. The molecule has 2 aliphatic heterocycles. The molecule has 25 heavy (non-hydrogen) atoms. The first-order valence-corrected chi connectivity index (χ1v) is 8.36. The predicted molar refractivity (Wildman–Crippen MR) is 96.1 cm³/mol. The third-order valence-electron chi connectivity index (χ3n) is 4.51. The van der Waals surface area contributed by atoms with E-state index in [0.29, 0.717) is 37.0 Å². The molecule has 5 N–H and O–H groups in total. The molecule has 0 spiro atoms. The number of anilines is 3. The summed E-state index contributed by atoms with van der Waals surface area (Å²) in [4.78, 5) is 16.8. The van der Waals surface area contributed by atoms with E-state index >= 15 is 0 Å². The van der Waals surface area contributed by atoms with Gasteiger partial charge in [-0.2, -0.15) is 0 Å². The molecule has 1 aromatic carbocycles. The van der Waals surface area contributed by atoms with Gasteiger partial charge in [0.1, 0.15) is 11.6 Å². The van der Waals surface area contributed by atoms with E-state index in [4.69, 9.17) is 10.5 Å². The summed E-state index contributed by atoms with van der Waals surface area (Å²) in [5.41, 5.74) is 9.59. The van der Waals surface area contributed by atoms with E-state index < -0.39 is 0 Å². The van der Waals surface area contributed by atoms with Crippen molar-refractivity contribution in [3.63, 3.8) is 0 Å². The van der Waals surface area contributed by atoms with Crippen molar-refractivity contribution in [2.45, 2.75) is 25.6 Å². The number of nitrogens with two attached hydrogens (primary N) is 1. The second-order valence-corrected chi connectivity index (χ2v) is 6.52. The maximum atomic E-state index is 12.2. The summed E-state index contributed by atoms with van der Waals surface area (Å²) < 4.78 is 5.39. The molecule has 7 heteroatoms. The Morgan fingerprint density at radius 1 is 1.32 bits per heavy atom. The van der Waals surface area contributed by atoms with Gasteiger partial charge in [0.2, 0.25) is 0 Å². The highest BCUT2D eigenvalue weighted by atomic mass is 16.5. The van der Waals surface area contributed by atoms with E-state index in [1.165, 1.54) is 0 Å². The van der Waals surface area contributed by atoms with E-state index in [0.717, 1.165) is 16.8 Å². The lowest BCUT2D eigenvalue weighted by atomic mass is 10.1. The quantitative estimate of drug-likeness (QED) is 0.674. The number of aromatic nitrogens is 1. The van der Waals surface area contributed by atoms with Gasteiger partial charge in [-0.15, -0.1) is 0 Å². The third-order valence-corrected chi connectivity index (χ3v) is 4.51. The molecular weight excluding hydrogens is 318 g/mol. The Labute approximate surface area is 146 Å². The minimum absolute atomic E-state index is 0.0161. The number of nitrogens with zero attached hydrogens (tertiary/aromatic N) is 1. The highest BCUT2D eigenvalue weighted by Crippen LogP contribution is 2.29. The lowest BCUT2D eigenvalue weighted by molar-refractivity contribution is 0.0966. The largest absolute Gasteiger partial charge is 0.378 e. The number of pyridine rings is 1. The van der Waals surface area contributed by atoms with Crippen LogP contribution in [0.2, 0.25) is 0 Å². The molecule has 0 unspecified atom stereocenters. The van der Waals surface area contributed by atoms with Gasteiger partial charge in [0.05, 0.1) is 30.9 Å². The molecule has 1 amide bonds. The normalized spacial score (nSPS) is 21.8. The standard InChI is InChI=1S/C18H21N5O2/c1-10-3-2-4-12(5-10)21-17-16-11(7-20-18(16)24)6-15(23-17)22-14-9-25-8-13(14)19/h2-6,13-14H,7-9,19H2,1H3,(H,20,24)(H2,21,22,23)/t13-,14+/m0/s1. The highest BCUT2D eigenvalue weighted by molar-refractivity contribution is 6.03. The summed E-state index contributed by atoms with van der Waals surface area (Å²) in [6, 6.07) is 9.81. The molecule has 1 fully saturated rings. The zero-order chi connectivity index (χ0) is 17.4. The van der Waals surface area contributed by atoms with Crippen LogP contribution in [-0.2, 0) is 11.3 Å². The summed E-state index contributed by atoms with van der Waals surface area (Å²) in [5.74, 6) is 1.13. The van der Waals surface area contributed by atoms with E-state index in [9.17, 15) is 4.79 Å². The Morgan fingerprint density at radius 3 is 2.96 bits per heavy atom. The molecule has 2 aliphatic rings. The molecule has 4 rings (SSSR count). The van der Waals surface area contributed by atoms with Crippen LogP contribution in [0.3, 0.4) is 0 Å². The van der Waals surface area contributed by atoms with Gasteiger partial charge in [0, 0.05) is 12.2 Å². The number of rotatable bonds is 4. The molecule has 2 aromatic rings. The van der Waals surface area contributed by atoms with Gasteiger partial charge >= 0.3 is 0 Å². The molecular formula is C18H21N5O2. The van der Waals surface area contributed by atoms with Crippen LogP contribution in [0.1, 0.15) is 21.5 Å². The van der Waals surface area contributed by atoms with Crippen molar-refractivity contribution >= 4 is 23.2 Å². The van der Waals surface area contributed by atoms with Gasteiger partial charge in [-0.3, -0.25) is 4.79 Å². The van der Waals surface area contributed by atoms with Crippen LogP contribution < -0.4 is 21.7 Å². The van der Waals surface area contributed by atoms with Crippen molar-refractivity contribution in [1.29, 1.82) is 0 Å². The van der Waals surface area contributed by atoms with Crippen molar-refractivity contribution in [3.05, 3.63) is 47.0 Å². The van der Waals surface area contributed by atoms with Crippen LogP contribution in [0.15, 0.2) is 30.3 Å². The summed E-state index contributed by atoms with van der Waals surface area (Å²) in [6.07, 6.45) is 0. The number of fused-ring (bicyclic) bond motifs is 1. The first-order chi connectivity index (χ1) is 12.1. The average molecular weight is 339 g/mol. The Morgan fingerprint density at radius 2 is 2.20 bits per heavy atom. The zero-order valence-corrected chi connectivity index (χ0v) is 14.0. The second kappa shape index (κ2) is 6.34. The summed E-state index contributed by atoms with van der Waals surface area (Å²) >= 11 is 0. The number of nitrogens with one attached hydrogen (secondary N) is 3. The minimum atomic E-state index is -0.106. The number of carbonyl (C=O) groups is 1. The minimum Gasteiger partial charge on any atom is -0.378 e. The maximum Gasteiger partial charge on any atom is 0.255 e. The summed E-state index contributed by atoms with van der Waals surface area (Å²) in [6.45, 7) is 3.62. The number of aryl methyl sites for hydroxylation is 1. The third kappa shape index (κ3) is 3.16. The van der Waals surface area contributed by atoms with E-state index in [1.54, 1.807) is 0 Å². The number of hydrogen-bond acceptors (Lipinski definition) is 6. The van der Waals surface area contributed by atoms with Crippen LogP contribution in [0.4, 0.5) is 17.3 Å². The first-order valence-electron chi connectivity index (χ1n) is 8.36. The number of carbonyl (C=O) groups excluding carboxylic acids is 1. The molecule has 2 atom stereocenters. The monoisotopic (exact) mass is 339 g/mol. The van der Waals surface area contributed by atoms with Crippen LogP contribution in [-0.4, -0.2) is 36.2 Å². The zero-order valence-electron chi connectivity index (χ0n) is 14.0. The number of benzene rings is 1. The van der Waals surface area contributed by atoms with Crippen molar-refractivity contribution in [2.24, 2.45) is 5.73 Å². The Balaban J connectivity index is 1.67. The molecule has 1 saturated heterocycles. The molecule has 3 heterocycles. The topological polar surface area (TPSA) is 101 Å². The Bertz CT molecular complexity index is 823. The lowest BCUT2D eigenvalue weighted by Gasteiger charge is -2.18. The van der Waals surface area contributed by atoms with Gasteiger partial charge in [-0.05, 0) is 36.2 Å². The van der Waals surface area contributed by atoms with Crippen LogP contribution >= 0.6 is 0 Å². The van der Waals surface area contributed by atoms with Gasteiger partial charge < -0.3 is 26.4 Å². The summed E-state index contributed by atoms with van der Waals surface area (Å²) in [7, 11) is 0. The van der Waals surface area contributed by atoms with Gasteiger partial charge in [0.25, 0.3) is 5.91 Å². The van der Waals surface area contributed by atoms with Crippen LogP contribution in [0.25, 0.3) is 0 Å². The fourth-order valence-corrected chi connectivity index (χ4v) is 3.19. The van der Waals surface area contributed by atoms with Crippen LogP contribution in [0.5, 0.6) is 0 Å².